The molecule has 0 aliphatic carbocycles. The second-order valence-corrected chi connectivity index (χ2v) is 10.1. The van der Waals surface area contributed by atoms with Gasteiger partial charge in [0, 0.05) is 0 Å². The molecule has 0 aliphatic rings. The monoisotopic (exact) mass is 342 g/mol. The summed E-state index contributed by atoms with van der Waals surface area (Å²) in [5.74, 6) is 0. The lowest BCUT2D eigenvalue weighted by Gasteiger charge is -2.39. The Balaban J connectivity index is 3.40. The fraction of sp³-hybridized carbons (Fsp3) is 0.429. The van der Waals surface area contributed by atoms with Gasteiger partial charge in [0.05, 0.1) is 0 Å². The number of hydrogen-bond acceptors (Lipinski definition) is 1. The molecule has 0 fully saturated rings. The lowest BCUT2D eigenvalue weighted by atomic mass is 10.0. The minimum absolute atomic E-state index is 0.0561. The minimum atomic E-state index is -5.61. The molecule has 0 unspecified atom stereocenters. The molecule has 0 heterocycles. The van der Waals surface area contributed by atoms with E-state index >= 15 is 0 Å². The van der Waals surface area contributed by atoms with Gasteiger partial charge in [-0.15, -0.1) is 0 Å². The molecular formula is C14H16F6OSi. The molecule has 0 amide bonds. The van der Waals surface area contributed by atoms with E-state index in [2.05, 4.69) is 4.43 Å². The third-order valence-electron chi connectivity index (χ3n) is 2.62. The van der Waals surface area contributed by atoms with Crippen molar-refractivity contribution in [2.24, 2.45) is 0 Å². The molecule has 0 atom stereocenters. The number of benzene rings is 1. The molecule has 1 aromatic rings. The molecule has 0 bridgehead atoms. The van der Waals surface area contributed by atoms with Crippen LogP contribution < -0.4 is 0 Å². The Morgan fingerprint density at radius 2 is 1.32 bits per heavy atom. The zero-order chi connectivity index (χ0) is 17.2. The summed E-state index contributed by atoms with van der Waals surface area (Å²) in [5, 5.41) is 0. The molecule has 8 heteroatoms. The molecule has 0 saturated heterocycles. The van der Waals surface area contributed by atoms with Crippen LogP contribution in [0, 0.1) is 0 Å². The van der Waals surface area contributed by atoms with Crippen molar-refractivity contribution in [3.05, 3.63) is 42.0 Å². The van der Waals surface area contributed by atoms with E-state index in [1.807, 2.05) is 0 Å². The maximum Gasteiger partial charge on any atom is 0.429 e. The quantitative estimate of drug-likeness (QED) is 0.525. The van der Waals surface area contributed by atoms with E-state index in [-0.39, 0.29) is 11.6 Å². The minimum Gasteiger partial charge on any atom is -0.394 e. The van der Waals surface area contributed by atoms with Gasteiger partial charge in [-0.1, -0.05) is 36.4 Å². The maximum atomic E-state index is 13.2. The molecule has 0 N–H and O–H groups in total. The summed E-state index contributed by atoms with van der Waals surface area (Å²) in [6.07, 6.45) is -10.4. The molecule has 124 valence electrons. The van der Waals surface area contributed by atoms with Gasteiger partial charge in [0.25, 0.3) is 5.60 Å². The molecule has 0 saturated carbocycles. The van der Waals surface area contributed by atoms with Gasteiger partial charge in [-0.2, -0.15) is 26.3 Å². The third-order valence-corrected chi connectivity index (χ3v) is 3.55. The third kappa shape index (κ3) is 4.36. The van der Waals surface area contributed by atoms with Crippen LogP contribution in [0.25, 0.3) is 6.08 Å². The predicted molar refractivity (Wildman–Crippen MR) is 74.7 cm³/mol. The van der Waals surface area contributed by atoms with E-state index in [4.69, 9.17) is 0 Å². The highest BCUT2D eigenvalue weighted by Crippen LogP contribution is 2.48. The maximum absolute atomic E-state index is 13.2. The van der Waals surface area contributed by atoms with Crippen LogP contribution in [-0.2, 0) is 4.43 Å². The van der Waals surface area contributed by atoms with Crippen molar-refractivity contribution in [3.8, 4) is 0 Å². The van der Waals surface area contributed by atoms with Gasteiger partial charge in [-0.05, 0) is 31.3 Å². The number of rotatable bonds is 4. The van der Waals surface area contributed by atoms with Crippen molar-refractivity contribution >= 4 is 14.4 Å². The van der Waals surface area contributed by atoms with Crippen LogP contribution in [-0.4, -0.2) is 26.3 Å². The van der Waals surface area contributed by atoms with Gasteiger partial charge in [-0.25, -0.2) is 0 Å². The number of hydrogen-bond donors (Lipinski definition) is 0. The number of alkyl halides is 6. The van der Waals surface area contributed by atoms with Crippen LogP contribution in [0.4, 0.5) is 26.3 Å². The van der Waals surface area contributed by atoms with E-state index < -0.39 is 26.3 Å². The van der Waals surface area contributed by atoms with Crippen molar-refractivity contribution in [2.75, 3.05) is 0 Å². The zero-order valence-corrected chi connectivity index (χ0v) is 13.2. The lowest BCUT2D eigenvalue weighted by Crippen LogP contribution is -2.61. The Labute approximate surface area is 125 Å². The Morgan fingerprint density at radius 1 is 0.864 bits per heavy atom. The SMILES string of the molecule is C[Si](C)(C)OC(C=Cc1ccccc1)(C(F)(F)F)C(F)(F)F. The summed E-state index contributed by atoms with van der Waals surface area (Å²) in [6, 6.07) is 7.45. The van der Waals surface area contributed by atoms with Crippen LogP contribution >= 0.6 is 0 Å². The van der Waals surface area contributed by atoms with Crippen molar-refractivity contribution in [3.63, 3.8) is 0 Å². The van der Waals surface area contributed by atoms with Crippen molar-refractivity contribution in [1.29, 1.82) is 0 Å². The lowest BCUT2D eigenvalue weighted by molar-refractivity contribution is -0.340. The van der Waals surface area contributed by atoms with Crippen LogP contribution in [0.3, 0.4) is 0 Å². The van der Waals surface area contributed by atoms with Gasteiger partial charge in [0.15, 0.2) is 8.32 Å². The molecule has 1 aromatic carbocycles. The van der Waals surface area contributed by atoms with Gasteiger partial charge in [0.1, 0.15) is 0 Å². The van der Waals surface area contributed by atoms with Crippen LogP contribution in [0.2, 0.25) is 19.6 Å². The second kappa shape index (κ2) is 6.08. The van der Waals surface area contributed by atoms with Gasteiger partial charge >= 0.3 is 12.4 Å². The molecule has 0 aromatic heterocycles. The Kier molecular flexibility index (Phi) is 5.18. The van der Waals surface area contributed by atoms with Crippen molar-refractivity contribution in [2.45, 2.75) is 37.6 Å². The fourth-order valence-corrected chi connectivity index (χ4v) is 3.03. The molecule has 1 rings (SSSR count). The highest BCUT2D eigenvalue weighted by atomic mass is 28.4. The summed E-state index contributed by atoms with van der Waals surface area (Å²) >= 11 is 0. The van der Waals surface area contributed by atoms with Gasteiger partial charge in [-0.3, -0.25) is 0 Å². The Hall–Kier alpha value is -1.28. The first-order valence-electron chi connectivity index (χ1n) is 6.36. The normalized spacial score (nSPS) is 14.6. The largest absolute Gasteiger partial charge is 0.429 e. The van der Waals surface area contributed by atoms with E-state index in [9.17, 15) is 26.3 Å². The molecular weight excluding hydrogens is 326 g/mol. The molecule has 0 radical (unpaired) electrons. The second-order valence-electron chi connectivity index (χ2n) is 5.69. The van der Waals surface area contributed by atoms with E-state index in [0.717, 1.165) is 6.08 Å². The summed E-state index contributed by atoms with van der Waals surface area (Å²) in [5.41, 5.74) is -4.08. The Morgan fingerprint density at radius 3 is 1.68 bits per heavy atom. The van der Waals surface area contributed by atoms with Crippen LogP contribution in [0.1, 0.15) is 5.56 Å². The predicted octanol–water partition coefficient (Wildman–Crippen LogP) is 5.41. The highest BCUT2D eigenvalue weighted by molar-refractivity contribution is 6.69. The van der Waals surface area contributed by atoms with Gasteiger partial charge in [0.2, 0.25) is 0 Å². The summed E-state index contributed by atoms with van der Waals surface area (Å²) in [6.45, 7) is 3.82. The average Bonchev–Trinajstić information content (AvgIpc) is 2.31. The number of halogens is 6. The average molecular weight is 342 g/mol. The standard InChI is InChI=1S/C14H16F6OSi/c1-22(2,3)21-12(13(15,16)17,14(18,19)20)10-9-11-7-5-4-6-8-11/h4-10H,1-3H3. The first kappa shape index (κ1) is 18.8. The smallest absolute Gasteiger partial charge is 0.394 e. The van der Waals surface area contributed by atoms with Crippen molar-refractivity contribution in [1.82, 2.24) is 0 Å². The van der Waals surface area contributed by atoms with Gasteiger partial charge < -0.3 is 4.43 Å². The van der Waals surface area contributed by atoms with Crippen molar-refractivity contribution < 1.29 is 30.8 Å². The highest BCUT2D eigenvalue weighted by Gasteiger charge is 2.71. The Bertz CT molecular complexity index is 499. The summed E-state index contributed by atoms with van der Waals surface area (Å²) < 4.78 is 84.0. The fourth-order valence-electron chi connectivity index (χ4n) is 1.76. The van der Waals surface area contributed by atoms with E-state index in [1.54, 1.807) is 6.07 Å². The summed E-state index contributed by atoms with van der Waals surface area (Å²) in [7, 11) is -3.14. The zero-order valence-electron chi connectivity index (χ0n) is 12.2. The van der Waals surface area contributed by atoms with Crippen LogP contribution in [0.5, 0.6) is 0 Å². The van der Waals surface area contributed by atoms with Crippen LogP contribution in [0.15, 0.2) is 36.4 Å². The topological polar surface area (TPSA) is 9.23 Å². The molecule has 0 aliphatic heterocycles. The molecule has 1 nitrogen and oxygen atoms in total. The summed E-state index contributed by atoms with van der Waals surface area (Å²) in [4.78, 5) is 0. The first-order valence-corrected chi connectivity index (χ1v) is 9.77. The van der Waals surface area contributed by atoms with E-state index in [0.29, 0.717) is 0 Å². The molecule has 0 spiro atoms. The first-order chi connectivity index (χ1) is 9.79. The molecule has 22 heavy (non-hydrogen) atoms. The van der Waals surface area contributed by atoms with E-state index in [1.165, 1.54) is 43.9 Å².